The van der Waals surface area contributed by atoms with Crippen molar-refractivity contribution >= 4 is 11.8 Å². The molecule has 2 aromatic rings. The Hall–Kier alpha value is -2.42. The number of benzene rings is 2. The van der Waals surface area contributed by atoms with Crippen LogP contribution < -0.4 is 14.4 Å². The van der Waals surface area contributed by atoms with Crippen molar-refractivity contribution in [3.05, 3.63) is 60.2 Å². The minimum Gasteiger partial charge on any atom is -0.491 e. The van der Waals surface area contributed by atoms with E-state index >= 15 is 0 Å². The SMILES string of the molecule is CC(C)Oc1ccc(N2CCC(C(C)(C)CCC(C)(C)/C=C/c3ccc(OC(C)(C)C)cc3)CC2)cc1. The van der Waals surface area contributed by atoms with Gasteiger partial charge in [0.05, 0.1) is 6.10 Å². The molecule has 0 unspecified atom stereocenters. The first kappa shape index (κ1) is 29.1. The van der Waals surface area contributed by atoms with E-state index in [0.29, 0.717) is 5.41 Å². The Kier molecular flexibility index (Phi) is 9.42. The molecule has 1 heterocycles. The minimum absolute atomic E-state index is 0.165. The Morgan fingerprint density at radius 1 is 0.811 bits per heavy atom. The first-order chi connectivity index (χ1) is 17.2. The van der Waals surface area contributed by atoms with Gasteiger partial charge in [-0.2, -0.15) is 0 Å². The molecule has 37 heavy (non-hydrogen) atoms. The second kappa shape index (κ2) is 12.0. The van der Waals surface area contributed by atoms with Crippen molar-refractivity contribution in [2.45, 2.75) is 99.7 Å². The average Bonchev–Trinajstić information content (AvgIpc) is 2.82. The number of rotatable bonds is 10. The van der Waals surface area contributed by atoms with E-state index in [2.05, 4.69) is 128 Å². The molecule has 3 heteroatoms. The van der Waals surface area contributed by atoms with Gasteiger partial charge in [-0.05, 0) is 119 Å². The van der Waals surface area contributed by atoms with E-state index in [1.54, 1.807) is 0 Å². The number of ether oxygens (including phenoxy) is 2. The van der Waals surface area contributed by atoms with E-state index in [1.807, 2.05) is 0 Å². The fourth-order valence-electron chi connectivity index (χ4n) is 5.18. The summed E-state index contributed by atoms with van der Waals surface area (Å²) in [6.45, 7) is 22.4. The summed E-state index contributed by atoms with van der Waals surface area (Å²) in [5, 5.41) is 0. The van der Waals surface area contributed by atoms with Crippen LogP contribution in [0.2, 0.25) is 0 Å². The lowest BCUT2D eigenvalue weighted by Gasteiger charge is -2.42. The first-order valence-electron chi connectivity index (χ1n) is 14.2. The molecule has 3 nitrogen and oxygen atoms in total. The van der Waals surface area contributed by atoms with Crippen molar-refractivity contribution in [1.82, 2.24) is 0 Å². The summed E-state index contributed by atoms with van der Waals surface area (Å²) in [5.41, 5.74) is 2.88. The van der Waals surface area contributed by atoms with Crippen LogP contribution in [0.1, 0.15) is 93.6 Å². The maximum Gasteiger partial charge on any atom is 0.120 e. The molecular formula is C34H51NO2. The molecule has 0 aromatic heterocycles. The number of hydrogen-bond acceptors (Lipinski definition) is 3. The van der Waals surface area contributed by atoms with E-state index in [0.717, 1.165) is 30.5 Å². The highest BCUT2D eigenvalue weighted by molar-refractivity contribution is 5.51. The van der Waals surface area contributed by atoms with Crippen LogP contribution in [0.4, 0.5) is 5.69 Å². The zero-order valence-corrected chi connectivity index (χ0v) is 24.9. The maximum absolute atomic E-state index is 5.95. The highest BCUT2D eigenvalue weighted by Crippen LogP contribution is 2.42. The van der Waals surface area contributed by atoms with Gasteiger partial charge >= 0.3 is 0 Å². The molecular weight excluding hydrogens is 454 g/mol. The lowest BCUT2D eigenvalue weighted by atomic mass is 9.68. The van der Waals surface area contributed by atoms with Crippen molar-refractivity contribution in [3.63, 3.8) is 0 Å². The maximum atomic E-state index is 5.95. The van der Waals surface area contributed by atoms with Crippen LogP contribution in [0.25, 0.3) is 6.08 Å². The molecule has 1 aliphatic rings. The fraction of sp³-hybridized carbons (Fsp3) is 0.588. The molecule has 0 saturated carbocycles. The number of allylic oxidation sites excluding steroid dienone is 1. The third-order valence-corrected chi connectivity index (χ3v) is 7.62. The van der Waals surface area contributed by atoms with Crippen LogP contribution in [0.3, 0.4) is 0 Å². The van der Waals surface area contributed by atoms with Crippen LogP contribution in [-0.4, -0.2) is 24.8 Å². The zero-order valence-electron chi connectivity index (χ0n) is 24.9. The van der Waals surface area contributed by atoms with Crippen molar-refractivity contribution in [2.75, 3.05) is 18.0 Å². The van der Waals surface area contributed by atoms with Gasteiger partial charge in [0.25, 0.3) is 0 Å². The Labute approximate surface area is 227 Å². The molecule has 1 saturated heterocycles. The smallest absolute Gasteiger partial charge is 0.120 e. The zero-order chi connectivity index (χ0) is 27.3. The predicted molar refractivity (Wildman–Crippen MR) is 160 cm³/mol. The van der Waals surface area contributed by atoms with Gasteiger partial charge < -0.3 is 14.4 Å². The van der Waals surface area contributed by atoms with Crippen molar-refractivity contribution in [3.8, 4) is 11.5 Å². The van der Waals surface area contributed by atoms with Crippen LogP contribution in [0, 0.1) is 16.7 Å². The summed E-state index contributed by atoms with van der Waals surface area (Å²) in [6.07, 6.45) is 9.83. The first-order valence-corrected chi connectivity index (χ1v) is 14.2. The molecule has 1 fully saturated rings. The van der Waals surface area contributed by atoms with Gasteiger partial charge in [-0.3, -0.25) is 0 Å². The predicted octanol–water partition coefficient (Wildman–Crippen LogP) is 9.41. The number of nitrogens with zero attached hydrogens (tertiary/aromatic N) is 1. The summed E-state index contributed by atoms with van der Waals surface area (Å²) < 4.78 is 11.8. The van der Waals surface area contributed by atoms with Crippen molar-refractivity contribution < 1.29 is 9.47 Å². The van der Waals surface area contributed by atoms with Crippen LogP contribution in [0.5, 0.6) is 11.5 Å². The lowest BCUT2D eigenvalue weighted by Crippen LogP contribution is -2.39. The Bertz CT molecular complexity index is 986. The topological polar surface area (TPSA) is 21.7 Å². The summed E-state index contributed by atoms with van der Waals surface area (Å²) in [7, 11) is 0. The molecule has 0 atom stereocenters. The Morgan fingerprint density at radius 2 is 1.38 bits per heavy atom. The second-order valence-corrected chi connectivity index (χ2v) is 13.5. The molecule has 204 valence electrons. The Balaban J connectivity index is 1.49. The van der Waals surface area contributed by atoms with Gasteiger partial charge in [0.1, 0.15) is 17.1 Å². The molecule has 0 radical (unpaired) electrons. The van der Waals surface area contributed by atoms with Gasteiger partial charge in [-0.1, -0.05) is 52.0 Å². The van der Waals surface area contributed by atoms with Gasteiger partial charge in [0, 0.05) is 18.8 Å². The largest absolute Gasteiger partial charge is 0.491 e. The highest BCUT2D eigenvalue weighted by Gasteiger charge is 2.33. The lowest BCUT2D eigenvalue weighted by molar-refractivity contribution is 0.131. The van der Waals surface area contributed by atoms with E-state index in [4.69, 9.17) is 9.47 Å². The van der Waals surface area contributed by atoms with E-state index in [1.165, 1.54) is 36.9 Å². The molecule has 0 aliphatic carbocycles. The van der Waals surface area contributed by atoms with E-state index in [-0.39, 0.29) is 17.1 Å². The number of piperidine rings is 1. The molecule has 3 rings (SSSR count). The van der Waals surface area contributed by atoms with Gasteiger partial charge in [0.15, 0.2) is 0 Å². The third-order valence-electron chi connectivity index (χ3n) is 7.62. The van der Waals surface area contributed by atoms with E-state index in [9.17, 15) is 0 Å². The van der Waals surface area contributed by atoms with Crippen molar-refractivity contribution in [1.29, 1.82) is 0 Å². The van der Waals surface area contributed by atoms with Crippen LogP contribution in [-0.2, 0) is 0 Å². The third kappa shape index (κ3) is 9.43. The summed E-state index contributed by atoms with van der Waals surface area (Å²) >= 11 is 0. The highest BCUT2D eigenvalue weighted by atomic mass is 16.5. The number of anilines is 1. The molecule has 0 bridgehead atoms. The summed E-state index contributed by atoms with van der Waals surface area (Å²) in [5.74, 6) is 2.65. The quantitative estimate of drug-likeness (QED) is 0.321. The second-order valence-electron chi connectivity index (χ2n) is 13.5. The normalized spacial score (nSPS) is 16.0. The van der Waals surface area contributed by atoms with Crippen LogP contribution >= 0.6 is 0 Å². The molecule has 0 N–H and O–H groups in total. The van der Waals surface area contributed by atoms with E-state index < -0.39 is 0 Å². The van der Waals surface area contributed by atoms with Gasteiger partial charge in [-0.15, -0.1) is 0 Å². The standard InChI is InChI=1S/C34H51NO2/c1-26(2)36-30-16-12-29(13-17-30)35-24-19-28(20-25-35)34(8,9)23-22-33(6,7)21-18-27-10-14-31(15-11-27)37-32(3,4)5/h10-18,21,26,28H,19-20,22-25H2,1-9H3/b21-18+. The molecule has 2 aromatic carbocycles. The Morgan fingerprint density at radius 3 is 1.92 bits per heavy atom. The van der Waals surface area contributed by atoms with Crippen LogP contribution in [0.15, 0.2) is 54.6 Å². The van der Waals surface area contributed by atoms with Crippen molar-refractivity contribution in [2.24, 2.45) is 16.7 Å². The monoisotopic (exact) mass is 505 g/mol. The minimum atomic E-state index is -0.170. The molecule has 1 aliphatic heterocycles. The van der Waals surface area contributed by atoms with Gasteiger partial charge in [0.2, 0.25) is 0 Å². The fourth-order valence-corrected chi connectivity index (χ4v) is 5.18. The summed E-state index contributed by atoms with van der Waals surface area (Å²) in [4.78, 5) is 2.54. The van der Waals surface area contributed by atoms with Gasteiger partial charge in [-0.25, -0.2) is 0 Å². The molecule has 0 amide bonds. The number of hydrogen-bond donors (Lipinski definition) is 0. The molecule has 0 spiro atoms. The average molecular weight is 506 g/mol. The summed E-state index contributed by atoms with van der Waals surface area (Å²) in [6, 6.07) is 17.1.